The number of rotatable bonds is 1. The lowest BCUT2D eigenvalue weighted by atomic mass is 10.0. The minimum Gasteiger partial charge on any atom is -0.235 e. The van der Waals surface area contributed by atoms with Crippen LogP contribution in [0.15, 0.2) is 0 Å². The van der Waals surface area contributed by atoms with Crippen LogP contribution in [-0.4, -0.2) is 21.5 Å². The zero-order chi connectivity index (χ0) is 8.54. The fourth-order valence-electron chi connectivity index (χ4n) is 1.69. The van der Waals surface area contributed by atoms with E-state index in [0.717, 1.165) is 0 Å². The second-order valence-corrected chi connectivity index (χ2v) is 11.5. The molecule has 1 saturated carbocycles. The zero-order valence-corrected chi connectivity index (χ0v) is 10.8. The van der Waals surface area contributed by atoms with Crippen LogP contribution in [0.2, 0.25) is 0 Å². The average molecular weight is 286 g/mol. The fourth-order valence-corrected chi connectivity index (χ4v) is 3.97. The fraction of sp³-hybridized carbons (Fsp3) is 1.00. The largest absolute Gasteiger partial charge is 0.235 e. The first-order chi connectivity index (χ1) is 4.96. The molecule has 2 heteroatoms. The topological polar surface area (TPSA) is 0 Å². The smallest absolute Gasteiger partial charge is 0.0514 e. The van der Waals surface area contributed by atoms with Gasteiger partial charge in [0.05, 0.1) is 2.75 Å². The molecule has 11 heavy (non-hydrogen) atoms. The van der Waals surface area contributed by atoms with Crippen LogP contribution in [-0.2, 0) is 0 Å². The van der Waals surface area contributed by atoms with Crippen molar-refractivity contribution in [2.75, 3.05) is 18.8 Å². The van der Waals surface area contributed by atoms with Gasteiger partial charge in [-0.1, -0.05) is 41.9 Å². The molecular weight excluding hydrogens is 267 g/mol. The Morgan fingerprint density at radius 3 is 1.73 bits per heavy atom. The highest BCUT2D eigenvalue weighted by molar-refractivity contribution is 14.1. The maximum atomic E-state index is 2.73. The Morgan fingerprint density at radius 1 is 1.00 bits per heavy atom. The highest BCUT2D eigenvalue weighted by Crippen LogP contribution is 2.60. The molecule has 1 aliphatic carbocycles. The van der Waals surface area contributed by atoms with E-state index in [4.69, 9.17) is 0 Å². The zero-order valence-electron chi connectivity index (χ0n) is 7.82. The summed E-state index contributed by atoms with van der Waals surface area (Å²) in [7, 11) is -0.339. The quantitative estimate of drug-likeness (QED) is 0.508. The maximum absolute atomic E-state index is 2.73. The van der Waals surface area contributed by atoms with Crippen molar-refractivity contribution in [1.82, 2.24) is 0 Å². The second kappa shape index (κ2) is 3.44. The summed E-state index contributed by atoms with van der Waals surface area (Å²) in [5, 5.41) is 0. The van der Waals surface area contributed by atoms with Crippen molar-refractivity contribution in [3.05, 3.63) is 0 Å². The van der Waals surface area contributed by atoms with Gasteiger partial charge in [0, 0.05) is 0 Å². The Balaban J connectivity index is 2.64. The molecule has 1 rings (SSSR count). The van der Waals surface area contributed by atoms with Crippen molar-refractivity contribution < 1.29 is 0 Å². The molecule has 1 fully saturated rings. The van der Waals surface area contributed by atoms with E-state index in [1.165, 1.54) is 32.1 Å². The molecule has 0 atom stereocenters. The molecule has 68 valence electrons. The Hall–Kier alpha value is 1.08. The maximum Gasteiger partial charge on any atom is 0.0514 e. The van der Waals surface area contributed by atoms with Crippen molar-refractivity contribution in [3.63, 3.8) is 0 Å². The Morgan fingerprint density at radius 2 is 1.45 bits per heavy atom. The van der Waals surface area contributed by atoms with Crippen LogP contribution in [0, 0.1) is 0 Å². The van der Waals surface area contributed by atoms with Gasteiger partial charge >= 0.3 is 0 Å². The van der Waals surface area contributed by atoms with E-state index in [2.05, 4.69) is 41.4 Å². The van der Waals surface area contributed by atoms with Gasteiger partial charge in [0.1, 0.15) is 0 Å². The molecule has 0 nitrogen and oxygen atoms in total. The molecule has 0 spiro atoms. The second-order valence-electron chi connectivity index (χ2n) is 4.28. The van der Waals surface area contributed by atoms with Crippen molar-refractivity contribution in [2.45, 2.75) is 34.9 Å². The summed E-state index contributed by atoms with van der Waals surface area (Å²) in [6.45, 7) is 0. The Bertz CT molecular complexity index is 131. The molecule has 0 unspecified atom stereocenters. The van der Waals surface area contributed by atoms with E-state index in [0.29, 0.717) is 2.75 Å². The first-order valence-electron chi connectivity index (χ1n) is 4.32. The van der Waals surface area contributed by atoms with E-state index >= 15 is 0 Å². The molecule has 0 aromatic rings. The summed E-state index contributed by atoms with van der Waals surface area (Å²) in [5.74, 6) is 0. The number of halogens is 1. The number of alkyl halides is 1. The summed E-state index contributed by atoms with van der Waals surface area (Å²) in [6.07, 6.45) is 14.7. The summed E-state index contributed by atoms with van der Waals surface area (Å²) in [4.78, 5) is 0. The van der Waals surface area contributed by atoms with Gasteiger partial charge in [-0.05, 0) is 31.6 Å². The van der Waals surface area contributed by atoms with Gasteiger partial charge in [-0.25, -0.2) is 10.0 Å². The van der Waals surface area contributed by atoms with Gasteiger partial charge in [-0.15, -0.1) is 0 Å². The molecule has 0 N–H and O–H groups in total. The molecule has 0 aliphatic heterocycles. The third-order valence-corrected chi connectivity index (χ3v) is 10.3. The third-order valence-electron chi connectivity index (χ3n) is 2.70. The predicted molar refractivity (Wildman–Crippen MR) is 65.2 cm³/mol. The standard InChI is InChI=1S/C9H19IS/c1-11(2,3)9(10)7-5-4-6-8-9/h4-8H2,1-3H3. The van der Waals surface area contributed by atoms with Gasteiger partial charge in [-0.3, -0.25) is 0 Å². The van der Waals surface area contributed by atoms with E-state index in [9.17, 15) is 0 Å². The number of hydrogen-bond acceptors (Lipinski definition) is 0. The lowest BCUT2D eigenvalue weighted by Crippen LogP contribution is -2.29. The molecule has 0 heterocycles. The van der Waals surface area contributed by atoms with Gasteiger partial charge in [0.25, 0.3) is 0 Å². The minimum absolute atomic E-state index is 0.339. The summed E-state index contributed by atoms with van der Waals surface area (Å²) < 4.78 is 0.670. The van der Waals surface area contributed by atoms with Crippen LogP contribution in [0.4, 0.5) is 0 Å². The summed E-state index contributed by atoms with van der Waals surface area (Å²) in [5.41, 5.74) is 0. The van der Waals surface area contributed by atoms with Gasteiger partial charge in [0.15, 0.2) is 0 Å². The predicted octanol–water partition coefficient (Wildman–Crippen LogP) is 3.78. The van der Waals surface area contributed by atoms with Crippen LogP contribution in [0.1, 0.15) is 32.1 Å². The Labute approximate surface area is 86.0 Å². The normalized spacial score (nSPS) is 26.5. The van der Waals surface area contributed by atoms with Crippen LogP contribution < -0.4 is 0 Å². The van der Waals surface area contributed by atoms with Gasteiger partial charge < -0.3 is 0 Å². The molecule has 0 aromatic heterocycles. The minimum atomic E-state index is -0.339. The summed E-state index contributed by atoms with van der Waals surface area (Å²) >= 11 is 2.73. The molecule has 1 aliphatic rings. The molecule has 0 radical (unpaired) electrons. The first-order valence-corrected chi connectivity index (χ1v) is 8.26. The lowest BCUT2D eigenvalue weighted by Gasteiger charge is -2.47. The SMILES string of the molecule is CS(C)(C)C1(I)CCCCC1. The van der Waals surface area contributed by atoms with Crippen molar-refractivity contribution in [1.29, 1.82) is 0 Å². The van der Waals surface area contributed by atoms with Crippen LogP contribution >= 0.6 is 32.6 Å². The molecular formula is C9H19IS. The van der Waals surface area contributed by atoms with Crippen LogP contribution in [0.3, 0.4) is 0 Å². The highest BCUT2D eigenvalue weighted by atomic mass is 127. The monoisotopic (exact) mass is 286 g/mol. The highest BCUT2D eigenvalue weighted by Gasteiger charge is 2.36. The average Bonchev–Trinajstić information content (AvgIpc) is 1.87. The number of hydrogen-bond donors (Lipinski definition) is 0. The molecule has 0 aromatic carbocycles. The van der Waals surface area contributed by atoms with Crippen LogP contribution in [0.25, 0.3) is 0 Å². The van der Waals surface area contributed by atoms with E-state index < -0.39 is 0 Å². The molecule has 0 bridgehead atoms. The van der Waals surface area contributed by atoms with Gasteiger partial charge in [0.2, 0.25) is 0 Å². The van der Waals surface area contributed by atoms with E-state index in [-0.39, 0.29) is 10.0 Å². The van der Waals surface area contributed by atoms with Crippen molar-refractivity contribution in [3.8, 4) is 0 Å². The first kappa shape index (κ1) is 10.2. The van der Waals surface area contributed by atoms with E-state index in [1.54, 1.807) is 0 Å². The molecule has 0 amide bonds. The van der Waals surface area contributed by atoms with Crippen molar-refractivity contribution >= 4 is 32.6 Å². The lowest BCUT2D eigenvalue weighted by molar-refractivity contribution is 0.501. The van der Waals surface area contributed by atoms with Gasteiger partial charge in [-0.2, -0.15) is 0 Å². The van der Waals surface area contributed by atoms with Crippen LogP contribution in [0.5, 0.6) is 0 Å². The third kappa shape index (κ3) is 2.27. The van der Waals surface area contributed by atoms with E-state index in [1.807, 2.05) is 0 Å². The Kier molecular flexibility index (Phi) is 3.18. The molecule has 0 saturated heterocycles. The van der Waals surface area contributed by atoms with Crippen molar-refractivity contribution in [2.24, 2.45) is 0 Å². The summed E-state index contributed by atoms with van der Waals surface area (Å²) in [6, 6.07) is 0.